The number of amides is 1. The van der Waals surface area contributed by atoms with Crippen molar-refractivity contribution in [1.82, 2.24) is 0 Å². The number of nitrogens with one attached hydrogen (secondary N) is 2. The Morgan fingerprint density at radius 2 is 1.92 bits per heavy atom. The highest BCUT2D eigenvalue weighted by molar-refractivity contribution is 6.04. The van der Waals surface area contributed by atoms with Crippen LogP contribution in [0.25, 0.3) is 0 Å². The number of ether oxygens (including phenoxy) is 1. The number of carbonyl (C=O) groups is 1. The SMILES string of the molecule is CCCNc1ccc(C(=O)Nc2cccc(OC)c2)cc1C(F)(F)CC. The van der Waals surface area contributed by atoms with Crippen molar-refractivity contribution in [3.8, 4) is 5.75 Å². The summed E-state index contributed by atoms with van der Waals surface area (Å²) in [4.78, 5) is 12.5. The third kappa shape index (κ3) is 4.71. The summed E-state index contributed by atoms with van der Waals surface area (Å²) in [5, 5.41) is 5.71. The molecule has 0 saturated heterocycles. The van der Waals surface area contributed by atoms with E-state index >= 15 is 0 Å². The van der Waals surface area contributed by atoms with Crippen molar-refractivity contribution in [1.29, 1.82) is 0 Å². The molecule has 2 aromatic carbocycles. The van der Waals surface area contributed by atoms with Crippen molar-refractivity contribution in [2.75, 3.05) is 24.3 Å². The van der Waals surface area contributed by atoms with Crippen LogP contribution in [0.15, 0.2) is 42.5 Å². The van der Waals surface area contributed by atoms with Crippen LogP contribution in [0.2, 0.25) is 0 Å². The molecule has 2 aromatic rings. The lowest BCUT2D eigenvalue weighted by Crippen LogP contribution is -2.18. The van der Waals surface area contributed by atoms with E-state index in [0.29, 0.717) is 23.7 Å². The molecule has 4 nitrogen and oxygen atoms in total. The normalized spacial score (nSPS) is 11.1. The summed E-state index contributed by atoms with van der Waals surface area (Å²) in [6.45, 7) is 3.97. The summed E-state index contributed by atoms with van der Waals surface area (Å²) in [5.41, 5.74) is 0.910. The maximum Gasteiger partial charge on any atom is 0.275 e. The average Bonchev–Trinajstić information content (AvgIpc) is 2.66. The van der Waals surface area contributed by atoms with E-state index in [2.05, 4.69) is 10.6 Å². The quantitative estimate of drug-likeness (QED) is 0.672. The predicted molar refractivity (Wildman–Crippen MR) is 100 cm³/mol. The van der Waals surface area contributed by atoms with Crippen LogP contribution in [0.5, 0.6) is 5.75 Å². The molecular formula is C20H24F2N2O2. The van der Waals surface area contributed by atoms with Gasteiger partial charge in [0, 0.05) is 41.5 Å². The van der Waals surface area contributed by atoms with E-state index in [1.165, 1.54) is 26.2 Å². The Bertz CT molecular complexity index is 763. The van der Waals surface area contributed by atoms with Gasteiger partial charge in [0.05, 0.1) is 7.11 Å². The Kier molecular flexibility index (Phi) is 6.55. The largest absolute Gasteiger partial charge is 0.497 e. The van der Waals surface area contributed by atoms with E-state index in [-0.39, 0.29) is 17.5 Å². The van der Waals surface area contributed by atoms with Crippen LogP contribution in [-0.4, -0.2) is 19.6 Å². The van der Waals surface area contributed by atoms with E-state index in [1.807, 2.05) is 6.92 Å². The lowest BCUT2D eigenvalue weighted by atomic mass is 10.00. The Morgan fingerprint density at radius 3 is 2.58 bits per heavy atom. The predicted octanol–water partition coefficient (Wildman–Crippen LogP) is 5.27. The second kappa shape index (κ2) is 8.65. The van der Waals surface area contributed by atoms with Crippen molar-refractivity contribution in [2.24, 2.45) is 0 Å². The van der Waals surface area contributed by atoms with Crippen LogP contribution in [0.1, 0.15) is 42.6 Å². The second-order valence-electron chi connectivity index (χ2n) is 5.93. The summed E-state index contributed by atoms with van der Waals surface area (Å²) in [6, 6.07) is 11.2. The molecular weight excluding hydrogens is 338 g/mol. The summed E-state index contributed by atoms with van der Waals surface area (Å²) in [6.07, 6.45) is 0.476. The first-order chi connectivity index (χ1) is 12.4. The van der Waals surface area contributed by atoms with Gasteiger partial charge in [-0.3, -0.25) is 4.79 Å². The van der Waals surface area contributed by atoms with Crippen molar-refractivity contribution < 1.29 is 18.3 Å². The van der Waals surface area contributed by atoms with Gasteiger partial charge in [-0.2, -0.15) is 0 Å². The first kappa shape index (κ1) is 19.7. The fourth-order valence-electron chi connectivity index (χ4n) is 2.50. The molecule has 0 bridgehead atoms. The van der Waals surface area contributed by atoms with Gasteiger partial charge in [0.15, 0.2) is 0 Å². The maximum atomic E-state index is 14.4. The third-order valence-corrected chi connectivity index (χ3v) is 4.01. The van der Waals surface area contributed by atoms with Crippen LogP contribution in [-0.2, 0) is 5.92 Å². The number of rotatable bonds is 8. The van der Waals surface area contributed by atoms with Crippen molar-refractivity contribution in [2.45, 2.75) is 32.6 Å². The van der Waals surface area contributed by atoms with E-state index < -0.39 is 11.8 Å². The van der Waals surface area contributed by atoms with Gasteiger partial charge in [0.2, 0.25) is 0 Å². The lowest BCUT2D eigenvalue weighted by Gasteiger charge is -2.20. The number of hydrogen-bond donors (Lipinski definition) is 2. The standard InChI is InChI=1S/C20H24F2N2O2/c1-4-11-23-18-10-9-14(12-17(18)20(21,22)5-2)19(25)24-15-7-6-8-16(13-15)26-3/h6-10,12-13,23H,4-5,11H2,1-3H3,(H,24,25). The minimum Gasteiger partial charge on any atom is -0.497 e. The van der Waals surface area contributed by atoms with Crippen LogP contribution in [0, 0.1) is 0 Å². The summed E-state index contributed by atoms with van der Waals surface area (Å²) in [5.74, 6) is -2.86. The van der Waals surface area contributed by atoms with Crippen molar-refractivity contribution >= 4 is 17.3 Å². The van der Waals surface area contributed by atoms with Crippen LogP contribution >= 0.6 is 0 Å². The summed E-state index contributed by atoms with van der Waals surface area (Å²) in [7, 11) is 1.53. The van der Waals surface area contributed by atoms with Gasteiger partial charge < -0.3 is 15.4 Å². The Labute approximate surface area is 152 Å². The van der Waals surface area contributed by atoms with E-state index in [0.717, 1.165) is 6.42 Å². The van der Waals surface area contributed by atoms with Crippen LogP contribution < -0.4 is 15.4 Å². The fraction of sp³-hybridized carbons (Fsp3) is 0.350. The number of methoxy groups -OCH3 is 1. The van der Waals surface area contributed by atoms with Crippen LogP contribution in [0.3, 0.4) is 0 Å². The molecule has 6 heteroatoms. The zero-order valence-corrected chi connectivity index (χ0v) is 15.2. The minimum absolute atomic E-state index is 0.160. The van der Waals surface area contributed by atoms with Gasteiger partial charge in [-0.05, 0) is 36.8 Å². The number of alkyl halides is 2. The molecule has 0 aliphatic heterocycles. The first-order valence-corrected chi connectivity index (χ1v) is 8.63. The Hall–Kier alpha value is -2.63. The zero-order chi connectivity index (χ0) is 19.2. The van der Waals surface area contributed by atoms with Crippen molar-refractivity contribution in [3.05, 3.63) is 53.6 Å². The molecule has 0 aliphatic carbocycles. The highest BCUT2D eigenvalue weighted by Crippen LogP contribution is 2.37. The van der Waals surface area contributed by atoms with Gasteiger partial charge in [0.25, 0.3) is 11.8 Å². The number of carbonyl (C=O) groups excluding carboxylic acids is 1. The molecule has 1 amide bonds. The molecule has 0 atom stereocenters. The molecule has 0 aromatic heterocycles. The molecule has 0 unspecified atom stereocenters. The maximum absolute atomic E-state index is 14.4. The van der Waals surface area contributed by atoms with E-state index in [4.69, 9.17) is 4.74 Å². The molecule has 2 N–H and O–H groups in total. The number of hydrogen-bond acceptors (Lipinski definition) is 3. The fourth-order valence-corrected chi connectivity index (χ4v) is 2.50. The molecule has 2 rings (SSSR count). The monoisotopic (exact) mass is 362 g/mol. The van der Waals surface area contributed by atoms with Crippen LogP contribution in [0.4, 0.5) is 20.2 Å². The number of halogens is 2. The van der Waals surface area contributed by atoms with Gasteiger partial charge in [-0.15, -0.1) is 0 Å². The first-order valence-electron chi connectivity index (χ1n) is 8.63. The van der Waals surface area contributed by atoms with E-state index in [9.17, 15) is 13.6 Å². The highest BCUT2D eigenvalue weighted by Gasteiger charge is 2.32. The molecule has 0 saturated carbocycles. The Morgan fingerprint density at radius 1 is 1.15 bits per heavy atom. The Balaban J connectivity index is 2.30. The highest BCUT2D eigenvalue weighted by atomic mass is 19.3. The molecule has 0 heterocycles. The molecule has 0 aliphatic rings. The number of benzene rings is 2. The topological polar surface area (TPSA) is 50.4 Å². The summed E-state index contributed by atoms with van der Waals surface area (Å²) < 4.78 is 33.8. The van der Waals surface area contributed by atoms with E-state index in [1.54, 1.807) is 30.3 Å². The molecule has 0 fully saturated rings. The van der Waals surface area contributed by atoms with Gasteiger partial charge >= 0.3 is 0 Å². The molecule has 0 spiro atoms. The molecule has 140 valence electrons. The van der Waals surface area contributed by atoms with Crippen molar-refractivity contribution in [3.63, 3.8) is 0 Å². The van der Waals surface area contributed by atoms with Gasteiger partial charge in [0.1, 0.15) is 5.75 Å². The number of anilines is 2. The minimum atomic E-state index is -3.01. The molecule has 26 heavy (non-hydrogen) atoms. The second-order valence-corrected chi connectivity index (χ2v) is 5.93. The smallest absolute Gasteiger partial charge is 0.275 e. The zero-order valence-electron chi connectivity index (χ0n) is 15.2. The summed E-state index contributed by atoms with van der Waals surface area (Å²) >= 11 is 0. The lowest BCUT2D eigenvalue weighted by molar-refractivity contribution is -0.00758. The third-order valence-electron chi connectivity index (χ3n) is 4.01. The van der Waals surface area contributed by atoms with Gasteiger partial charge in [-0.25, -0.2) is 8.78 Å². The van der Waals surface area contributed by atoms with Gasteiger partial charge in [-0.1, -0.05) is 19.9 Å². The average molecular weight is 362 g/mol. The molecule has 0 radical (unpaired) electrons.